The fraction of sp³-hybridized carbons (Fsp3) is 0.435. The summed E-state index contributed by atoms with van der Waals surface area (Å²) in [6.45, 7) is 0.497. The third-order valence-corrected chi connectivity index (χ3v) is 5.81. The van der Waals surface area contributed by atoms with E-state index in [-0.39, 0.29) is 0 Å². The number of benzene rings is 2. The minimum absolute atomic E-state index is 0.497. The van der Waals surface area contributed by atoms with Crippen molar-refractivity contribution < 1.29 is 14.6 Å². The maximum absolute atomic E-state index is 12.3. The molecule has 1 atom stereocenters. The van der Waals surface area contributed by atoms with Crippen molar-refractivity contribution in [2.75, 3.05) is 14.1 Å². The fourth-order valence-corrected chi connectivity index (χ4v) is 4.29. The number of aliphatic hydroxyl groups is 1. The molecule has 1 fully saturated rings. The van der Waals surface area contributed by atoms with Crippen LogP contribution in [0.3, 0.4) is 0 Å². The Morgan fingerprint density at radius 2 is 1.67 bits per heavy atom. The molecule has 4 heteroatoms. The van der Waals surface area contributed by atoms with Crippen molar-refractivity contribution in [3.8, 4) is 5.75 Å². The molecule has 2 aromatic carbocycles. The number of carbonyl (C=O) groups excluding carboxylic acids is 1. The molecule has 0 aromatic heterocycles. The van der Waals surface area contributed by atoms with Gasteiger partial charge in [0.25, 0.3) is 0 Å². The maximum Gasteiger partial charge on any atom is 0.147 e. The van der Waals surface area contributed by atoms with E-state index in [1.165, 1.54) is 0 Å². The zero-order chi connectivity index (χ0) is 19.3. The quantitative estimate of drug-likeness (QED) is 0.754. The minimum Gasteiger partial charge on any atom is -0.489 e. The van der Waals surface area contributed by atoms with Gasteiger partial charge < -0.3 is 14.6 Å². The van der Waals surface area contributed by atoms with Gasteiger partial charge in [-0.15, -0.1) is 0 Å². The van der Waals surface area contributed by atoms with Gasteiger partial charge in [0.1, 0.15) is 24.2 Å². The number of rotatable bonds is 7. The zero-order valence-corrected chi connectivity index (χ0v) is 16.2. The van der Waals surface area contributed by atoms with E-state index in [0.29, 0.717) is 19.4 Å². The van der Waals surface area contributed by atoms with Crippen molar-refractivity contribution in [3.05, 3.63) is 65.7 Å². The molecule has 3 rings (SSSR count). The summed E-state index contributed by atoms with van der Waals surface area (Å²) in [5.74, 6) is 0.747. The summed E-state index contributed by atoms with van der Waals surface area (Å²) in [5, 5.41) is 11.4. The summed E-state index contributed by atoms with van der Waals surface area (Å²) in [6.07, 6.45) is 5.18. The van der Waals surface area contributed by atoms with Gasteiger partial charge in [-0.1, -0.05) is 61.7 Å². The van der Waals surface area contributed by atoms with Gasteiger partial charge in [-0.3, -0.25) is 4.90 Å². The summed E-state index contributed by atoms with van der Waals surface area (Å²) in [7, 11) is 3.72. The normalized spacial score (nSPS) is 18.7. The largest absolute Gasteiger partial charge is 0.489 e. The summed E-state index contributed by atoms with van der Waals surface area (Å²) in [5.41, 5.74) is -0.193. The summed E-state index contributed by atoms with van der Waals surface area (Å²) >= 11 is 0. The highest BCUT2D eigenvalue weighted by Crippen LogP contribution is 2.45. The molecule has 0 saturated heterocycles. The molecule has 1 aliphatic carbocycles. The molecule has 1 N–H and O–H groups in total. The second kappa shape index (κ2) is 8.24. The van der Waals surface area contributed by atoms with Crippen LogP contribution in [0, 0.1) is 0 Å². The number of hydrogen-bond donors (Lipinski definition) is 1. The number of nitrogens with zero attached hydrogens (tertiary/aromatic N) is 1. The van der Waals surface area contributed by atoms with Crippen LogP contribution in [0.15, 0.2) is 54.6 Å². The summed E-state index contributed by atoms with van der Waals surface area (Å²) in [6, 6.07) is 17.6. The van der Waals surface area contributed by atoms with Crippen molar-refractivity contribution in [2.24, 2.45) is 0 Å². The Bertz CT molecular complexity index is 736. The second-order valence-corrected chi connectivity index (χ2v) is 7.67. The topological polar surface area (TPSA) is 49.8 Å². The van der Waals surface area contributed by atoms with Crippen LogP contribution < -0.4 is 4.74 Å². The number of ether oxygens (including phenoxy) is 1. The molecule has 0 spiro atoms. The molecular weight excluding hydrogens is 338 g/mol. The zero-order valence-electron chi connectivity index (χ0n) is 16.2. The lowest BCUT2D eigenvalue weighted by Crippen LogP contribution is -2.61. The number of carbonyl (C=O) groups is 1. The Morgan fingerprint density at radius 1 is 1.04 bits per heavy atom. The van der Waals surface area contributed by atoms with Crippen molar-refractivity contribution in [2.45, 2.75) is 49.9 Å². The fourth-order valence-electron chi connectivity index (χ4n) is 4.29. The highest BCUT2D eigenvalue weighted by atomic mass is 16.5. The Labute approximate surface area is 161 Å². The van der Waals surface area contributed by atoms with E-state index >= 15 is 0 Å². The van der Waals surface area contributed by atoms with Crippen molar-refractivity contribution in [1.29, 1.82) is 0 Å². The van der Waals surface area contributed by atoms with E-state index in [2.05, 4.69) is 0 Å². The van der Waals surface area contributed by atoms with Crippen LogP contribution in [-0.2, 0) is 16.9 Å². The molecule has 0 amide bonds. The van der Waals surface area contributed by atoms with E-state index in [4.69, 9.17) is 4.74 Å². The SMILES string of the molecule is CN(C)C(C=O)(c1ccc(OCc2ccccc2)cc1)C1(O)CCCCC1. The van der Waals surface area contributed by atoms with Gasteiger partial charge in [0.2, 0.25) is 0 Å². The van der Waals surface area contributed by atoms with Crippen LogP contribution in [0.1, 0.15) is 43.2 Å². The Balaban J connectivity index is 1.84. The second-order valence-electron chi connectivity index (χ2n) is 7.67. The Morgan fingerprint density at radius 3 is 2.22 bits per heavy atom. The van der Waals surface area contributed by atoms with Gasteiger partial charge >= 0.3 is 0 Å². The number of aldehydes is 1. The standard InChI is InChI=1S/C23H29NO3/c1-24(2)23(18-25,22(26)15-7-4-8-16-22)20-11-13-21(14-12-20)27-17-19-9-5-3-6-10-19/h3,5-6,9-14,18,26H,4,7-8,15-17H2,1-2H3. The summed E-state index contributed by atoms with van der Waals surface area (Å²) < 4.78 is 5.86. The predicted molar refractivity (Wildman–Crippen MR) is 107 cm³/mol. The van der Waals surface area contributed by atoms with Crippen LogP contribution >= 0.6 is 0 Å². The molecule has 0 bridgehead atoms. The molecule has 144 valence electrons. The molecule has 2 aromatic rings. The van der Waals surface area contributed by atoms with E-state index in [1.807, 2.05) is 73.6 Å². The van der Waals surface area contributed by atoms with Gasteiger partial charge in [0.05, 0.1) is 5.60 Å². The molecule has 1 aliphatic rings. The minimum atomic E-state index is -1.05. The van der Waals surface area contributed by atoms with Gasteiger partial charge in [-0.25, -0.2) is 0 Å². The lowest BCUT2D eigenvalue weighted by molar-refractivity contribution is -0.148. The average Bonchev–Trinajstić information content (AvgIpc) is 2.69. The van der Waals surface area contributed by atoms with E-state index in [1.54, 1.807) is 0 Å². The molecular formula is C23H29NO3. The molecule has 1 saturated carbocycles. The Hall–Kier alpha value is -2.17. The van der Waals surface area contributed by atoms with E-state index in [9.17, 15) is 9.90 Å². The van der Waals surface area contributed by atoms with Gasteiger partial charge in [-0.05, 0) is 50.2 Å². The van der Waals surface area contributed by atoms with Crippen LogP contribution in [0.25, 0.3) is 0 Å². The van der Waals surface area contributed by atoms with Crippen LogP contribution in [-0.4, -0.2) is 36.0 Å². The maximum atomic E-state index is 12.3. The molecule has 4 nitrogen and oxygen atoms in total. The predicted octanol–water partition coefficient (Wildman–Crippen LogP) is 3.92. The Kier molecular flexibility index (Phi) is 5.98. The first-order chi connectivity index (χ1) is 13.0. The van der Waals surface area contributed by atoms with E-state index in [0.717, 1.165) is 42.4 Å². The highest BCUT2D eigenvalue weighted by molar-refractivity contribution is 5.71. The van der Waals surface area contributed by atoms with Gasteiger partial charge in [0.15, 0.2) is 0 Å². The van der Waals surface area contributed by atoms with Crippen LogP contribution in [0.5, 0.6) is 5.75 Å². The monoisotopic (exact) mass is 367 g/mol. The first-order valence-corrected chi connectivity index (χ1v) is 9.65. The summed E-state index contributed by atoms with van der Waals surface area (Å²) in [4.78, 5) is 14.2. The first-order valence-electron chi connectivity index (χ1n) is 9.65. The molecule has 0 radical (unpaired) electrons. The molecule has 0 heterocycles. The smallest absolute Gasteiger partial charge is 0.147 e. The molecule has 0 aliphatic heterocycles. The first kappa shape index (κ1) is 19.6. The third-order valence-electron chi connectivity index (χ3n) is 5.81. The van der Waals surface area contributed by atoms with Crippen LogP contribution in [0.2, 0.25) is 0 Å². The highest BCUT2D eigenvalue weighted by Gasteiger charge is 2.53. The molecule has 27 heavy (non-hydrogen) atoms. The number of hydrogen-bond acceptors (Lipinski definition) is 4. The average molecular weight is 367 g/mol. The van der Waals surface area contributed by atoms with Crippen molar-refractivity contribution >= 4 is 6.29 Å². The van der Waals surface area contributed by atoms with Gasteiger partial charge in [-0.2, -0.15) is 0 Å². The van der Waals surface area contributed by atoms with Gasteiger partial charge in [0, 0.05) is 0 Å². The van der Waals surface area contributed by atoms with Crippen molar-refractivity contribution in [1.82, 2.24) is 4.90 Å². The third kappa shape index (κ3) is 3.78. The lowest BCUT2D eigenvalue weighted by atomic mass is 9.67. The van der Waals surface area contributed by atoms with E-state index < -0.39 is 11.1 Å². The molecule has 1 unspecified atom stereocenters. The lowest BCUT2D eigenvalue weighted by Gasteiger charge is -2.50. The van der Waals surface area contributed by atoms with Crippen molar-refractivity contribution in [3.63, 3.8) is 0 Å². The number of likely N-dealkylation sites (N-methyl/N-ethyl adjacent to an activating group) is 1. The van der Waals surface area contributed by atoms with Crippen LogP contribution in [0.4, 0.5) is 0 Å².